The number of nitrogens with two attached hydrogens (primary N) is 1. The number of halogens is 1. The van der Waals surface area contributed by atoms with Crippen LogP contribution in [0.1, 0.15) is 25.3 Å². The molecule has 1 unspecified atom stereocenters. The Kier molecular flexibility index (Phi) is 8.33. The summed E-state index contributed by atoms with van der Waals surface area (Å²) in [4.78, 5) is 25.7. The van der Waals surface area contributed by atoms with Crippen LogP contribution in [0.25, 0.3) is 0 Å². The van der Waals surface area contributed by atoms with Gasteiger partial charge in [0, 0.05) is 16.5 Å². The fourth-order valence-electron chi connectivity index (χ4n) is 3.00. The van der Waals surface area contributed by atoms with Gasteiger partial charge in [-0.2, -0.15) is 5.26 Å². The Bertz CT molecular complexity index is 968. The Morgan fingerprint density at radius 1 is 1.27 bits per heavy atom. The van der Waals surface area contributed by atoms with E-state index in [1.807, 2.05) is 6.07 Å². The first kappa shape index (κ1) is 23.3. The van der Waals surface area contributed by atoms with Gasteiger partial charge in [0.1, 0.15) is 11.8 Å². The largest absolute Gasteiger partial charge is 0.463 e. The van der Waals surface area contributed by atoms with E-state index in [0.29, 0.717) is 16.3 Å². The molecular formula is C20H21ClN4O4S. The highest BCUT2D eigenvalue weighted by Gasteiger charge is 2.40. The molecule has 0 aliphatic carbocycles. The molecule has 0 bridgehead atoms. The lowest BCUT2D eigenvalue weighted by Gasteiger charge is -2.30. The molecule has 4 N–H and O–H groups in total. The minimum Gasteiger partial charge on any atom is -0.463 e. The van der Waals surface area contributed by atoms with Gasteiger partial charge in [0.25, 0.3) is 0 Å². The monoisotopic (exact) mass is 448 g/mol. The summed E-state index contributed by atoms with van der Waals surface area (Å²) in [5, 5.41) is 20.3. The van der Waals surface area contributed by atoms with E-state index >= 15 is 0 Å². The lowest BCUT2D eigenvalue weighted by atomic mass is 9.80. The number of thioether (sulfide) groups is 1. The van der Waals surface area contributed by atoms with Crippen LogP contribution < -0.4 is 11.1 Å². The van der Waals surface area contributed by atoms with E-state index in [1.165, 1.54) is 0 Å². The van der Waals surface area contributed by atoms with Crippen molar-refractivity contribution in [2.45, 2.75) is 19.8 Å². The predicted octanol–water partition coefficient (Wildman–Crippen LogP) is 2.81. The second-order valence-corrected chi connectivity index (χ2v) is 7.45. The van der Waals surface area contributed by atoms with Gasteiger partial charge in [0.15, 0.2) is 5.17 Å². The number of nitrogens with one attached hydrogen (secondary N) is 2. The minimum absolute atomic E-state index is 0.0127. The second kappa shape index (κ2) is 10.7. The smallest absolute Gasteiger partial charge is 0.337 e. The molecule has 0 fully saturated rings. The Balaban J connectivity index is 2.77. The fourth-order valence-corrected chi connectivity index (χ4v) is 3.72. The zero-order chi connectivity index (χ0) is 22.3. The molecule has 30 heavy (non-hydrogen) atoms. The molecule has 1 aliphatic heterocycles. The normalized spacial score (nSPS) is 15.9. The van der Waals surface area contributed by atoms with Crippen LogP contribution in [-0.4, -0.2) is 36.1 Å². The van der Waals surface area contributed by atoms with Crippen LogP contribution >= 0.6 is 23.4 Å². The molecule has 0 aromatic heterocycles. The highest BCUT2D eigenvalue weighted by molar-refractivity contribution is 8.13. The van der Waals surface area contributed by atoms with Crippen molar-refractivity contribution in [3.8, 4) is 6.07 Å². The average Bonchev–Trinajstić information content (AvgIpc) is 2.71. The Labute approximate surface area is 183 Å². The summed E-state index contributed by atoms with van der Waals surface area (Å²) in [6.45, 7) is 3.51. The van der Waals surface area contributed by atoms with Crippen molar-refractivity contribution in [1.82, 2.24) is 5.32 Å². The summed E-state index contributed by atoms with van der Waals surface area (Å²) in [6.07, 6.45) is 0. The Hall–Kier alpha value is -2.96. The summed E-state index contributed by atoms with van der Waals surface area (Å²) in [6, 6.07) is 8.62. The maximum absolute atomic E-state index is 12.9. The van der Waals surface area contributed by atoms with Crippen LogP contribution in [0.5, 0.6) is 0 Å². The first-order chi connectivity index (χ1) is 14.3. The summed E-state index contributed by atoms with van der Waals surface area (Å²) in [7, 11) is 0. The van der Waals surface area contributed by atoms with Crippen LogP contribution in [0.2, 0.25) is 5.02 Å². The molecule has 1 atom stereocenters. The van der Waals surface area contributed by atoms with E-state index in [1.54, 1.807) is 38.1 Å². The first-order valence-electron chi connectivity index (χ1n) is 9.04. The summed E-state index contributed by atoms with van der Waals surface area (Å²) in [5.41, 5.74) is 6.36. The van der Waals surface area contributed by atoms with Crippen LogP contribution in [0.4, 0.5) is 0 Å². The second-order valence-electron chi connectivity index (χ2n) is 6.00. The maximum Gasteiger partial charge on any atom is 0.337 e. The van der Waals surface area contributed by atoms with E-state index in [0.717, 1.165) is 11.8 Å². The predicted molar refractivity (Wildman–Crippen MR) is 115 cm³/mol. The number of nitriles is 1. The number of hydrogen-bond acceptors (Lipinski definition) is 8. The first-order valence-corrected chi connectivity index (χ1v) is 10.4. The van der Waals surface area contributed by atoms with Gasteiger partial charge in [-0.15, -0.1) is 0 Å². The Morgan fingerprint density at radius 2 is 1.90 bits per heavy atom. The van der Waals surface area contributed by atoms with Crippen molar-refractivity contribution in [2.24, 2.45) is 5.73 Å². The molecule has 2 rings (SSSR count). The zero-order valence-electron chi connectivity index (χ0n) is 16.5. The van der Waals surface area contributed by atoms with Crippen molar-refractivity contribution < 1.29 is 19.1 Å². The number of allylic oxidation sites excluding steroid dienone is 1. The van der Waals surface area contributed by atoms with Crippen molar-refractivity contribution >= 4 is 40.5 Å². The van der Waals surface area contributed by atoms with Crippen LogP contribution in [0.15, 0.2) is 46.8 Å². The number of dihydropyridines is 1. The lowest BCUT2D eigenvalue weighted by Crippen LogP contribution is -2.35. The third-order valence-corrected chi connectivity index (χ3v) is 5.08. The molecule has 0 spiro atoms. The summed E-state index contributed by atoms with van der Waals surface area (Å²) < 4.78 is 10.4. The molecular weight excluding hydrogens is 428 g/mol. The number of benzene rings is 1. The van der Waals surface area contributed by atoms with Crippen molar-refractivity contribution in [3.63, 3.8) is 0 Å². The standard InChI is InChI=1S/C20H21ClN4O4S/c1-3-28-18(26)16-13(9-22)25-14(10-30-20(23)24)17(19(27)29-4-2)15(16)11-6-5-7-12(21)8-11/h5-8,15,25H,3-4,10H2,1-2H3,(H3,23,24). The molecule has 1 aromatic rings. The highest BCUT2D eigenvalue weighted by atomic mass is 35.5. The number of rotatable bonds is 7. The van der Waals surface area contributed by atoms with Gasteiger partial charge >= 0.3 is 11.9 Å². The average molecular weight is 449 g/mol. The van der Waals surface area contributed by atoms with Crippen molar-refractivity contribution in [1.29, 1.82) is 10.7 Å². The number of amidine groups is 1. The third kappa shape index (κ3) is 5.34. The topological polar surface area (TPSA) is 138 Å². The van der Waals surface area contributed by atoms with Gasteiger partial charge < -0.3 is 20.5 Å². The molecule has 0 saturated carbocycles. The van der Waals surface area contributed by atoms with E-state index in [9.17, 15) is 14.9 Å². The van der Waals surface area contributed by atoms with Crippen LogP contribution in [0, 0.1) is 16.7 Å². The van der Waals surface area contributed by atoms with Crippen LogP contribution in [-0.2, 0) is 19.1 Å². The highest BCUT2D eigenvalue weighted by Crippen LogP contribution is 2.40. The van der Waals surface area contributed by atoms with Crippen LogP contribution in [0.3, 0.4) is 0 Å². The zero-order valence-corrected chi connectivity index (χ0v) is 18.0. The number of carbonyl (C=O) groups is 2. The molecule has 8 nitrogen and oxygen atoms in total. The molecule has 0 saturated heterocycles. The molecule has 1 heterocycles. The number of nitrogens with zero attached hydrogens (tertiary/aromatic N) is 1. The molecule has 1 aliphatic rings. The van der Waals surface area contributed by atoms with Gasteiger partial charge in [0.05, 0.1) is 30.3 Å². The summed E-state index contributed by atoms with van der Waals surface area (Å²) >= 11 is 7.12. The fraction of sp³-hybridized carbons (Fsp3) is 0.300. The number of esters is 2. The minimum atomic E-state index is -0.944. The van der Waals surface area contributed by atoms with Gasteiger partial charge in [-0.25, -0.2) is 9.59 Å². The number of carbonyl (C=O) groups excluding carboxylic acids is 2. The quantitative estimate of drug-likeness (QED) is 0.329. The van der Waals surface area contributed by atoms with Gasteiger partial charge in [-0.1, -0.05) is 35.5 Å². The van der Waals surface area contributed by atoms with Gasteiger partial charge in [-0.3, -0.25) is 5.41 Å². The van der Waals surface area contributed by atoms with E-state index in [4.69, 9.17) is 32.2 Å². The third-order valence-electron chi connectivity index (χ3n) is 4.10. The number of ether oxygens (including phenoxy) is 2. The van der Waals surface area contributed by atoms with Gasteiger partial charge in [0.2, 0.25) is 0 Å². The molecule has 10 heteroatoms. The molecule has 0 amide bonds. The lowest BCUT2D eigenvalue weighted by molar-refractivity contribution is -0.139. The van der Waals surface area contributed by atoms with E-state index in [-0.39, 0.29) is 41.0 Å². The molecule has 0 radical (unpaired) electrons. The number of hydrogen-bond donors (Lipinski definition) is 3. The molecule has 158 valence electrons. The van der Waals surface area contributed by atoms with E-state index in [2.05, 4.69) is 5.32 Å². The maximum atomic E-state index is 12.9. The van der Waals surface area contributed by atoms with E-state index < -0.39 is 17.9 Å². The SMILES string of the molecule is CCOC(=O)C1=C(C#N)NC(CSC(=N)N)=C(C(=O)OCC)C1c1cccc(Cl)c1. The Morgan fingerprint density at radius 3 is 2.43 bits per heavy atom. The van der Waals surface area contributed by atoms with Crippen molar-refractivity contribution in [3.05, 3.63) is 57.4 Å². The molecule has 1 aromatic carbocycles. The summed E-state index contributed by atoms with van der Waals surface area (Å²) in [5.74, 6) is -2.23. The van der Waals surface area contributed by atoms with Gasteiger partial charge in [-0.05, 0) is 31.5 Å². The van der Waals surface area contributed by atoms with Crippen molar-refractivity contribution in [2.75, 3.05) is 19.0 Å².